The third kappa shape index (κ3) is 2.32. The number of anilines is 1. The Labute approximate surface area is 81.5 Å². The zero-order valence-corrected chi connectivity index (χ0v) is 8.96. The lowest BCUT2D eigenvalue weighted by Crippen LogP contribution is -2.29. The minimum absolute atomic E-state index is 0.0272. The maximum atomic E-state index is 5.78. The Hall–Kier alpha value is -0.350. The van der Waals surface area contributed by atoms with Crippen LogP contribution < -0.4 is 5.32 Å². The Kier molecular flexibility index (Phi) is 2.90. The van der Waals surface area contributed by atoms with Crippen LogP contribution in [0.15, 0.2) is 0 Å². The van der Waals surface area contributed by atoms with Gasteiger partial charge < -0.3 is 5.32 Å². The van der Waals surface area contributed by atoms with Crippen LogP contribution in [0.1, 0.15) is 27.2 Å². The lowest BCUT2D eigenvalue weighted by atomic mass is 10.0. The maximum absolute atomic E-state index is 5.78. The van der Waals surface area contributed by atoms with Crippen LogP contribution in [0.5, 0.6) is 0 Å². The summed E-state index contributed by atoms with van der Waals surface area (Å²) in [6.45, 7) is 6.31. The summed E-state index contributed by atoms with van der Waals surface area (Å²) in [5, 5.41) is 3.68. The van der Waals surface area contributed by atoms with Crippen molar-refractivity contribution in [2.45, 2.75) is 32.7 Å². The van der Waals surface area contributed by atoms with E-state index in [-0.39, 0.29) is 5.54 Å². The van der Waals surface area contributed by atoms with E-state index in [4.69, 9.17) is 11.6 Å². The van der Waals surface area contributed by atoms with Crippen LogP contribution in [0.3, 0.4) is 0 Å². The second kappa shape index (κ2) is 3.58. The summed E-state index contributed by atoms with van der Waals surface area (Å²) in [6.07, 6.45) is 1.01. The van der Waals surface area contributed by atoms with Gasteiger partial charge in [0, 0.05) is 5.54 Å². The van der Waals surface area contributed by atoms with Gasteiger partial charge in [0.05, 0.1) is 11.7 Å². The molecule has 5 heteroatoms. The molecule has 0 radical (unpaired) electrons. The van der Waals surface area contributed by atoms with E-state index in [2.05, 4.69) is 34.8 Å². The SMILES string of the molecule is CCC(C)(C)Nc1nsnc1Cl. The van der Waals surface area contributed by atoms with E-state index in [1.54, 1.807) is 0 Å². The molecule has 1 N–H and O–H groups in total. The molecule has 3 nitrogen and oxygen atoms in total. The van der Waals surface area contributed by atoms with Gasteiger partial charge in [0.15, 0.2) is 11.0 Å². The van der Waals surface area contributed by atoms with E-state index in [0.29, 0.717) is 11.0 Å². The van der Waals surface area contributed by atoms with E-state index in [1.807, 2.05) is 0 Å². The van der Waals surface area contributed by atoms with Crippen molar-refractivity contribution in [3.63, 3.8) is 0 Å². The summed E-state index contributed by atoms with van der Waals surface area (Å²) >= 11 is 6.90. The highest BCUT2D eigenvalue weighted by atomic mass is 35.5. The summed E-state index contributed by atoms with van der Waals surface area (Å²) in [4.78, 5) is 0. The fourth-order valence-corrected chi connectivity index (χ4v) is 1.31. The molecule has 0 amide bonds. The highest BCUT2D eigenvalue weighted by Gasteiger charge is 2.17. The molecule has 1 rings (SSSR count). The van der Waals surface area contributed by atoms with Gasteiger partial charge in [-0.05, 0) is 20.3 Å². The quantitative estimate of drug-likeness (QED) is 0.825. The minimum atomic E-state index is 0.0272. The van der Waals surface area contributed by atoms with Crippen LogP contribution in [0.25, 0.3) is 0 Å². The van der Waals surface area contributed by atoms with Gasteiger partial charge in [-0.2, -0.15) is 8.75 Å². The van der Waals surface area contributed by atoms with Crippen LogP contribution in [-0.4, -0.2) is 14.3 Å². The average Bonchev–Trinajstić information content (AvgIpc) is 2.36. The molecule has 12 heavy (non-hydrogen) atoms. The van der Waals surface area contributed by atoms with E-state index in [0.717, 1.165) is 18.1 Å². The first-order chi connectivity index (χ1) is 5.55. The molecule has 1 aromatic rings. The maximum Gasteiger partial charge on any atom is 0.186 e. The number of rotatable bonds is 3. The fraction of sp³-hybridized carbons (Fsp3) is 0.714. The molecule has 68 valence electrons. The largest absolute Gasteiger partial charge is 0.362 e. The van der Waals surface area contributed by atoms with Gasteiger partial charge in [-0.1, -0.05) is 18.5 Å². The number of hydrogen-bond donors (Lipinski definition) is 1. The van der Waals surface area contributed by atoms with E-state index in [9.17, 15) is 0 Å². The Morgan fingerprint density at radius 3 is 2.58 bits per heavy atom. The molecule has 0 aromatic carbocycles. The lowest BCUT2D eigenvalue weighted by molar-refractivity contribution is 0.545. The van der Waals surface area contributed by atoms with Crippen molar-refractivity contribution >= 4 is 29.1 Å². The number of hydrogen-bond acceptors (Lipinski definition) is 4. The molecule has 0 aliphatic rings. The van der Waals surface area contributed by atoms with Gasteiger partial charge in [-0.25, -0.2) is 0 Å². The summed E-state index contributed by atoms with van der Waals surface area (Å²) < 4.78 is 7.90. The van der Waals surface area contributed by atoms with Crippen LogP contribution in [0.4, 0.5) is 5.82 Å². The Morgan fingerprint density at radius 2 is 2.17 bits per heavy atom. The third-order valence-electron chi connectivity index (χ3n) is 1.79. The Balaban J connectivity index is 2.70. The molecule has 0 atom stereocenters. The second-order valence-corrected chi connectivity index (χ2v) is 4.15. The predicted octanol–water partition coefficient (Wildman–Crippen LogP) is 2.79. The van der Waals surface area contributed by atoms with Gasteiger partial charge in [0.25, 0.3) is 0 Å². The van der Waals surface area contributed by atoms with Crippen LogP contribution >= 0.6 is 23.3 Å². The van der Waals surface area contributed by atoms with Gasteiger partial charge in [-0.3, -0.25) is 0 Å². The van der Waals surface area contributed by atoms with Crippen LogP contribution in [0.2, 0.25) is 5.15 Å². The monoisotopic (exact) mass is 205 g/mol. The zero-order valence-electron chi connectivity index (χ0n) is 7.39. The van der Waals surface area contributed by atoms with Crippen molar-refractivity contribution in [3.05, 3.63) is 5.15 Å². The van der Waals surface area contributed by atoms with Crippen molar-refractivity contribution in [3.8, 4) is 0 Å². The molecule has 1 aromatic heterocycles. The number of halogens is 1. The van der Waals surface area contributed by atoms with Crippen molar-refractivity contribution in [2.75, 3.05) is 5.32 Å². The first-order valence-corrected chi connectivity index (χ1v) is 4.92. The van der Waals surface area contributed by atoms with E-state index < -0.39 is 0 Å². The standard InChI is InChI=1S/C7H12ClN3S/c1-4-7(2,3)9-6-5(8)10-12-11-6/h4H2,1-3H3,(H,9,11). The molecule has 0 saturated carbocycles. The van der Waals surface area contributed by atoms with Crippen molar-refractivity contribution in [2.24, 2.45) is 0 Å². The molecule has 0 saturated heterocycles. The summed E-state index contributed by atoms with van der Waals surface area (Å²) in [5.41, 5.74) is 0.0272. The first-order valence-electron chi connectivity index (χ1n) is 3.81. The van der Waals surface area contributed by atoms with E-state index >= 15 is 0 Å². The first kappa shape index (κ1) is 9.74. The van der Waals surface area contributed by atoms with Gasteiger partial charge in [0.1, 0.15) is 0 Å². The fourth-order valence-electron chi connectivity index (χ4n) is 0.661. The summed E-state index contributed by atoms with van der Waals surface area (Å²) in [7, 11) is 0. The second-order valence-electron chi connectivity index (χ2n) is 3.27. The van der Waals surface area contributed by atoms with E-state index in [1.165, 1.54) is 0 Å². The Bertz CT molecular complexity index is 259. The molecule has 0 aliphatic heterocycles. The molecular formula is C7H12ClN3S. The van der Waals surface area contributed by atoms with Crippen molar-refractivity contribution in [1.82, 2.24) is 8.75 Å². The topological polar surface area (TPSA) is 37.8 Å². The zero-order chi connectivity index (χ0) is 9.19. The molecule has 0 bridgehead atoms. The van der Waals surface area contributed by atoms with Gasteiger partial charge >= 0.3 is 0 Å². The Morgan fingerprint density at radius 1 is 1.50 bits per heavy atom. The molecule has 0 unspecified atom stereocenters. The van der Waals surface area contributed by atoms with Crippen molar-refractivity contribution < 1.29 is 0 Å². The average molecular weight is 206 g/mol. The molecule has 0 aliphatic carbocycles. The molecule has 0 fully saturated rings. The highest BCUT2D eigenvalue weighted by molar-refractivity contribution is 6.99. The number of aromatic nitrogens is 2. The van der Waals surface area contributed by atoms with Gasteiger partial charge in [0.2, 0.25) is 0 Å². The number of nitrogens with zero attached hydrogens (tertiary/aromatic N) is 2. The molecular weight excluding hydrogens is 194 g/mol. The molecule has 1 heterocycles. The summed E-state index contributed by atoms with van der Waals surface area (Å²) in [5.74, 6) is 0.688. The predicted molar refractivity (Wildman–Crippen MR) is 52.9 cm³/mol. The minimum Gasteiger partial charge on any atom is -0.362 e. The number of nitrogens with one attached hydrogen (secondary N) is 1. The highest BCUT2D eigenvalue weighted by Crippen LogP contribution is 2.23. The normalized spacial score (nSPS) is 11.7. The summed E-state index contributed by atoms with van der Waals surface area (Å²) in [6, 6.07) is 0. The van der Waals surface area contributed by atoms with Crippen molar-refractivity contribution in [1.29, 1.82) is 0 Å². The van der Waals surface area contributed by atoms with Crippen LogP contribution in [0, 0.1) is 0 Å². The smallest absolute Gasteiger partial charge is 0.186 e. The third-order valence-corrected chi connectivity index (χ3v) is 2.68. The lowest BCUT2D eigenvalue weighted by Gasteiger charge is -2.23. The molecule has 0 spiro atoms. The van der Waals surface area contributed by atoms with Gasteiger partial charge in [-0.15, -0.1) is 0 Å². The van der Waals surface area contributed by atoms with Crippen LogP contribution in [-0.2, 0) is 0 Å².